The lowest BCUT2D eigenvalue weighted by Gasteiger charge is -2.39. The SMILES string of the molecule is CC(=O)N1CCc2cc(S(=O)(=O)NC(C(=O)N3CCC4(CC3)OCCO4)C(C)C)ccc21. The van der Waals surface area contributed by atoms with E-state index in [2.05, 4.69) is 4.72 Å². The molecule has 0 aliphatic carbocycles. The molecule has 10 heteroatoms. The molecule has 2 fully saturated rings. The molecule has 1 aromatic rings. The van der Waals surface area contributed by atoms with Crippen molar-refractivity contribution in [2.24, 2.45) is 5.92 Å². The number of amides is 2. The third kappa shape index (κ3) is 4.41. The normalized spacial score (nSPS) is 21.2. The summed E-state index contributed by atoms with van der Waals surface area (Å²) in [5.41, 5.74) is 1.56. The molecule has 0 radical (unpaired) electrons. The number of nitrogens with zero attached hydrogens (tertiary/aromatic N) is 2. The molecular weight excluding hydrogens is 434 g/mol. The molecule has 0 bridgehead atoms. The van der Waals surface area contributed by atoms with E-state index in [4.69, 9.17) is 9.47 Å². The van der Waals surface area contributed by atoms with Crippen LogP contribution in [0.2, 0.25) is 0 Å². The van der Waals surface area contributed by atoms with Crippen molar-refractivity contribution in [3.8, 4) is 0 Å². The van der Waals surface area contributed by atoms with Gasteiger partial charge in [-0.3, -0.25) is 9.59 Å². The molecule has 3 heterocycles. The van der Waals surface area contributed by atoms with Crippen molar-refractivity contribution in [3.63, 3.8) is 0 Å². The average molecular weight is 466 g/mol. The lowest BCUT2D eigenvalue weighted by molar-refractivity contribution is -0.188. The monoisotopic (exact) mass is 465 g/mol. The summed E-state index contributed by atoms with van der Waals surface area (Å²) in [6.07, 6.45) is 1.76. The van der Waals surface area contributed by atoms with Crippen LogP contribution in [0.1, 0.15) is 39.2 Å². The zero-order valence-electron chi connectivity index (χ0n) is 18.8. The maximum atomic E-state index is 13.2. The van der Waals surface area contributed by atoms with E-state index in [0.717, 1.165) is 11.3 Å². The summed E-state index contributed by atoms with van der Waals surface area (Å²) in [6, 6.07) is 3.88. The minimum absolute atomic E-state index is 0.0698. The summed E-state index contributed by atoms with van der Waals surface area (Å²) in [7, 11) is -3.92. The van der Waals surface area contributed by atoms with Crippen LogP contribution in [0.5, 0.6) is 0 Å². The summed E-state index contributed by atoms with van der Waals surface area (Å²) in [4.78, 5) is 28.4. The second-order valence-corrected chi connectivity index (χ2v) is 10.7. The summed E-state index contributed by atoms with van der Waals surface area (Å²) in [5.74, 6) is -1.13. The Kier molecular flexibility index (Phi) is 6.32. The van der Waals surface area contributed by atoms with E-state index in [0.29, 0.717) is 52.1 Å². The van der Waals surface area contributed by atoms with Crippen LogP contribution < -0.4 is 9.62 Å². The number of rotatable bonds is 5. The zero-order valence-corrected chi connectivity index (χ0v) is 19.6. The highest BCUT2D eigenvalue weighted by molar-refractivity contribution is 7.89. The van der Waals surface area contributed by atoms with Gasteiger partial charge in [-0.25, -0.2) is 8.42 Å². The van der Waals surface area contributed by atoms with Crippen LogP contribution in [0.15, 0.2) is 23.1 Å². The number of carbonyl (C=O) groups excluding carboxylic acids is 2. The summed E-state index contributed by atoms with van der Waals surface area (Å²) in [6.45, 7) is 7.74. The highest BCUT2D eigenvalue weighted by Gasteiger charge is 2.42. The van der Waals surface area contributed by atoms with Gasteiger partial charge in [0.2, 0.25) is 21.8 Å². The summed E-state index contributed by atoms with van der Waals surface area (Å²) >= 11 is 0. The minimum atomic E-state index is -3.92. The number of hydrogen-bond donors (Lipinski definition) is 1. The molecular formula is C22H31N3O6S. The Morgan fingerprint density at radius 1 is 1.09 bits per heavy atom. The first-order chi connectivity index (χ1) is 15.1. The highest BCUT2D eigenvalue weighted by atomic mass is 32.2. The van der Waals surface area contributed by atoms with Crippen molar-refractivity contribution in [1.29, 1.82) is 0 Å². The smallest absolute Gasteiger partial charge is 0.241 e. The third-order valence-corrected chi connectivity index (χ3v) is 7.94. The Bertz CT molecular complexity index is 993. The fraction of sp³-hybridized carbons (Fsp3) is 0.636. The molecule has 2 amide bonds. The Hall–Kier alpha value is -2.01. The number of nitrogens with one attached hydrogen (secondary N) is 1. The fourth-order valence-electron chi connectivity index (χ4n) is 4.63. The van der Waals surface area contributed by atoms with Crippen LogP contribution in [-0.2, 0) is 35.5 Å². The molecule has 1 spiro atoms. The largest absolute Gasteiger partial charge is 0.347 e. The second kappa shape index (κ2) is 8.74. The van der Waals surface area contributed by atoms with Crippen molar-refractivity contribution >= 4 is 27.5 Å². The zero-order chi connectivity index (χ0) is 23.1. The number of hydrogen-bond acceptors (Lipinski definition) is 6. The van der Waals surface area contributed by atoms with Gasteiger partial charge in [0, 0.05) is 45.1 Å². The van der Waals surface area contributed by atoms with Gasteiger partial charge in [-0.05, 0) is 36.1 Å². The molecule has 0 saturated carbocycles. The van der Waals surface area contributed by atoms with Crippen LogP contribution in [0.25, 0.3) is 0 Å². The number of likely N-dealkylation sites (tertiary alicyclic amines) is 1. The lowest BCUT2D eigenvalue weighted by atomic mass is 9.99. The van der Waals surface area contributed by atoms with Gasteiger partial charge in [0.25, 0.3) is 0 Å². The van der Waals surface area contributed by atoms with Crippen LogP contribution in [0.4, 0.5) is 5.69 Å². The van der Waals surface area contributed by atoms with Gasteiger partial charge < -0.3 is 19.3 Å². The maximum absolute atomic E-state index is 13.2. The molecule has 1 N–H and O–H groups in total. The molecule has 1 aromatic carbocycles. The lowest BCUT2D eigenvalue weighted by Crippen LogP contribution is -2.55. The highest BCUT2D eigenvalue weighted by Crippen LogP contribution is 2.32. The molecule has 9 nitrogen and oxygen atoms in total. The first kappa shape index (κ1) is 23.2. The van der Waals surface area contributed by atoms with Crippen molar-refractivity contribution in [2.45, 2.75) is 56.8 Å². The van der Waals surface area contributed by atoms with Gasteiger partial charge in [-0.1, -0.05) is 13.8 Å². The number of carbonyl (C=O) groups is 2. The van der Waals surface area contributed by atoms with E-state index >= 15 is 0 Å². The van der Waals surface area contributed by atoms with E-state index in [1.807, 2.05) is 13.8 Å². The predicted molar refractivity (Wildman–Crippen MR) is 118 cm³/mol. The van der Waals surface area contributed by atoms with Gasteiger partial charge in [-0.2, -0.15) is 4.72 Å². The van der Waals surface area contributed by atoms with Crippen LogP contribution >= 0.6 is 0 Å². The first-order valence-corrected chi connectivity index (χ1v) is 12.6. The number of benzene rings is 1. The molecule has 1 unspecified atom stereocenters. The topological polar surface area (TPSA) is 105 Å². The van der Waals surface area contributed by atoms with Crippen molar-refractivity contribution in [3.05, 3.63) is 23.8 Å². The van der Waals surface area contributed by atoms with Crippen molar-refractivity contribution in [2.75, 3.05) is 37.7 Å². The Balaban J connectivity index is 1.48. The molecule has 1 atom stereocenters. The third-order valence-electron chi connectivity index (χ3n) is 6.50. The maximum Gasteiger partial charge on any atom is 0.241 e. The van der Waals surface area contributed by atoms with E-state index in [1.54, 1.807) is 21.9 Å². The average Bonchev–Trinajstić information content (AvgIpc) is 3.38. The van der Waals surface area contributed by atoms with E-state index in [9.17, 15) is 18.0 Å². The number of sulfonamides is 1. The fourth-order valence-corrected chi connectivity index (χ4v) is 6.02. The molecule has 0 aromatic heterocycles. The van der Waals surface area contributed by atoms with Gasteiger partial charge in [-0.15, -0.1) is 0 Å². The minimum Gasteiger partial charge on any atom is -0.347 e. The summed E-state index contributed by atoms with van der Waals surface area (Å²) in [5, 5.41) is 0. The Labute approximate surface area is 189 Å². The molecule has 32 heavy (non-hydrogen) atoms. The molecule has 4 rings (SSSR count). The van der Waals surface area contributed by atoms with Crippen LogP contribution in [-0.4, -0.2) is 69.8 Å². The summed E-state index contributed by atoms with van der Waals surface area (Å²) < 4.78 is 40.4. The van der Waals surface area contributed by atoms with E-state index in [-0.39, 0.29) is 22.6 Å². The number of anilines is 1. The first-order valence-electron chi connectivity index (χ1n) is 11.1. The molecule has 3 aliphatic heterocycles. The van der Waals surface area contributed by atoms with E-state index < -0.39 is 21.9 Å². The standard InChI is InChI=1S/C22H31N3O6S/c1-15(2)20(21(27)24-10-7-22(8-11-24)30-12-13-31-22)23-32(28,29)18-4-5-19-17(14-18)6-9-25(19)16(3)26/h4-5,14-15,20,23H,6-13H2,1-3H3. The Morgan fingerprint density at radius 2 is 1.75 bits per heavy atom. The second-order valence-electron chi connectivity index (χ2n) is 8.99. The number of fused-ring (bicyclic) bond motifs is 1. The van der Waals surface area contributed by atoms with Gasteiger partial charge in [0.1, 0.15) is 6.04 Å². The Morgan fingerprint density at radius 3 is 2.34 bits per heavy atom. The van der Waals surface area contributed by atoms with Gasteiger partial charge in [0.15, 0.2) is 5.79 Å². The van der Waals surface area contributed by atoms with Gasteiger partial charge >= 0.3 is 0 Å². The van der Waals surface area contributed by atoms with Gasteiger partial charge in [0.05, 0.1) is 18.1 Å². The quantitative estimate of drug-likeness (QED) is 0.702. The number of piperidine rings is 1. The van der Waals surface area contributed by atoms with Crippen LogP contribution in [0.3, 0.4) is 0 Å². The molecule has 176 valence electrons. The van der Waals surface area contributed by atoms with Crippen molar-refractivity contribution < 1.29 is 27.5 Å². The molecule has 3 aliphatic rings. The predicted octanol–water partition coefficient (Wildman–Crippen LogP) is 1.26. The van der Waals surface area contributed by atoms with E-state index in [1.165, 1.54) is 13.0 Å². The molecule has 2 saturated heterocycles. The number of ether oxygens (including phenoxy) is 2. The van der Waals surface area contributed by atoms with Crippen LogP contribution in [0, 0.1) is 5.92 Å². The van der Waals surface area contributed by atoms with Crippen molar-refractivity contribution in [1.82, 2.24) is 9.62 Å².